The lowest BCUT2D eigenvalue weighted by Crippen LogP contribution is -2.07. The molecule has 0 aliphatic rings. The van der Waals surface area contributed by atoms with Crippen molar-refractivity contribution in [3.63, 3.8) is 0 Å². The highest BCUT2D eigenvalue weighted by atomic mass is 35.5. The molecule has 0 spiro atoms. The smallest absolute Gasteiger partial charge is 0.221 e. The zero-order valence-corrected chi connectivity index (χ0v) is 9.28. The molecule has 0 aliphatic heterocycles. The molecule has 0 heterocycles. The summed E-state index contributed by atoms with van der Waals surface area (Å²) in [6.07, 6.45) is 0.579. The Morgan fingerprint density at radius 1 is 1.62 bits per heavy atom. The van der Waals surface area contributed by atoms with Crippen LogP contribution in [0.2, 0.25) is 0 Å². The number of benzene rings is 1. The Labute approximate surface area is 97.8 Å². The average molecular weight is 237 g/mol. The monoisotopic (exact) mass is 236 g/mol. The molecule has 1 rings (SSSR count). The number of rotatable bonds is 3. The molecular weight excluding hydrogens is 228 g/mol. The first kappa shape index (κ1) is 12.2. The van der Waals surface area contributed by atoms with Crippen LogP contribution in [0, 0.1) is 11.3 Å². The minimum Gasteiger partial charge on any atom is -0.325 e. The van der Waals surface area contributed by atoms with E-state index in [1.54, 1.807) is 12.1 Å². The maximum absolute atomic E-state index is 10.9. The van der Waals surface area contributed by atoms with E-state index in [9.17, 15) is 9.59 Å². The van der Waals surface area contributed by atoms with Crippen molar-refractivity contribution in [2.45, 2.75) is 12.3 Å². The molecule has 0 saturated carbocycles. The van der Waals surface area contributed by atoms with Crippen molar-refractivity contribution in [3.05, 3.63) is 29.3 Å². The average Bonchev–Trinajstić information content (AvgIpc) is 2.27. The number of halogens is 1. The van der Waals surface area contributed by atoms with Gasteiger partial charge < -0.3 is 10.1 Å². The van der Waals surface area contributed by atoms with Gasteiger partial charge in [0.2, 0.25) is 5.91 Å². The van der Waals surface area contributed by atoms with Crippen molar-refractivity contribution in [1.82, 2.24) is 0 Å². The number of carbonyl (C=O) groups excluding carboxylic acids is 2. The third kappa shape index (κ3) is 2.81. The van der Waals surface area contributed by atoms with E-state index in [-0.39, 0.29) is 11.5 Å². The maximum atomic E-state index is 10.9. The summed E-state index contributed by atoms with van der Waals surface area (Å²) in [5.74, 6) is -0.262. The lowest BCUT2D eigenvalue weighted by atomic mass is 10.1. The van der Waals surface area contributed by atoms with Gasteiger partial charge in [-0.3, -0.25) is 4.79 Å². The summed E-state index contributed by atoms with van der Waals surface area (Å²) in [6, 6.07) is 6.56. The molecule has 0 aromatic heterocycles. The van der Waals surface area contributed by atoms with Crippen molar-refractivity contribution >= 4 is 29.5 Å². The molecule has 1 aromatic carbocycles. The second-order valence-electron chi connectivity index (χ2n) is 3.14. The summed E-state index contributed by atoms with van der Waals surface area (Å²) in [7, 11) is 0. The van der Waals surface area contributed by atoms with E-state index in [2.05, 4.69) is 5.32 Å². The molecule has 0 bridgehead atoms. The van der Waals surface area contributed by atoms with E-state index in [0.717, 1.165) is 0 Å². The number of alkyl halides is 1. The van der Waals surface area contributed by atoms with Gasteiger partial charge in [-0.2, -0.15) is 5.26 Å². The SMILES string of the molecule is CC(=O)Nc1ccc(C(Cl)C=O)cc1C#N. The van der Waals surface area contributed by atoms with E-state index in [1.165, 1.54) is 13.0 Å². The third-order valence-electron chi connectivity index (χ3n) is 1.91. The summed E-state index contributed by atoms with van der Waals surface area (Å²) in [4.78, 5) is 21.3. The number of aldehydes is 1. The van der Waals surface area contributed by atoms with Gasteiger partial charge in [0.1, 0.15) is 17.7 Å². The molecule has 16 heavy (non-hydrogen) atoms. The molecule has 0 aliphatic carbocycles. The number of nitrogens with zero attached hydrogens (tertiary/aromatic N) is 1. The highest BCUT2D eigenvalue weighted by Crippen LogP contribution is 2.23. The molecule has 1 unspecified atom stereocenters. The van der Waals surface area contributed by atoms with Crippen LogP contribution in [0.5, 0.6) is 0 Å². The third-order valence-corrected chi connectivity index (χ3v) is 2.27. The number of carbonyl (C=O) groups is 2. The normalized spacial score (nSPS) is 11.3. The quantitative estimate of drug-likeness (QED) is 0.645. The summed E-state index contributed by atoms with van der Waals surface area (Å²) >= 11 is 5.71. The zero-order valence-electron chi connectivity index (χ0n) is 8.53. The van der Waals surface area contributed by atoms with Crippen LogP contribution in [0.3, 0.4) is 0 Å². The van der Waals surface area contributed by atoms with E-state index < -0.39 is 5.38 Å². The fraction of sp³-hybridized carbons (Fsp3) is 0.182. The predicted molar refractivity (Wildman–Crippen MR) is 60.1 cm³/mol. The molecule has 0 fully saturated rings. The first-order chi connectivity index (χ1) is 7.58. The molecule has 1 atom stereocenters. The van der Waals surface area contributed by atoms with Gasteiger partial charge in [-0.1, -0.05) is 6.07 Å². The van der Waals surface area contributed by atoms with Crippen molar-refractivity contribution < 1.29 is 9.59 Å². The van der Waals surface area contributed by atoms with Crippen LogP contribution in [0.25, 0.3) is 0 Å². The highest BCUT2D eigenvalue weighted by molar-refractivity contribution is 6.27. The first-order valence-corrected chi connectivity index (χ1v) is 4.93. The summed E-state index contributed by atoms with van der Waals surface area (Å²) in [5.41, 5.74) is 1.22. The molecule has 82 valence electrons. The van der Waals surface area contributed by atoms with E-state index in [4.69, 9.17) is 16.9 Å². The fourth-order valence-corrected chi connectivity index (χ4v) is 1.34. The van der Waals surface area contributed by atoms with Crippen LogP contribution in [-0.2, 0) is 9.59 Å². The van der Waals surface area contributed by atoms with Gasteiger partial charge in [0, 0.05) is 6.92 Å². The fourth-order valence-electron chi connectivity index (χ4n) is 1.20. The van der Waals surface area contributed by atoms with E-state index >= 15 is 0 Å². The number of hydrogen-bond acceptors (Lipinski definition) is 3. The minimum atomic E-state index is -0.779. The van der Waals surface area contributed by atoms with Crippen LogP contribution >= 0.6 is 11.6 Å². The van der Waals surface area contributed by atoms with Crippen molar-refractivity contribution in [1.29, 1.82) is 5.26 Å². The second kappa shape index (κ2) is 5.29. The Balaban J connectivity index is 3.12. The summed E-state index contributed by atoms with van der Waals surface area (Å²) in [5, 5.41) is 10.6. The molecule has 0 saturated heterocycles. The van der Waals surface area contributed by atoms with Crippen LogP contribution in [0.4, 0.5) is 5.69 Å². The first-order valence-electron chi connectivity index (χ1n) is 4.49. The predicted octanol–water partition coefficient (Wildman–Crippen LogP) is 2.00. The van der Waals surface area contributed by atoms with Crippen molar-refractivity contribution in [2.24, 2.45) is 0 Å². The van der Waals surface area contributed by atoms with Crippen LogP contribution in [0.15, 0.2) is 18.2 Å². The number of amides is 1. The standard InChI is InChI=1S/C11H9ClN2O2/c1-7(16)14-11-3-2-8(10(12)6-15)4-9(11)5-13/h2-4,6,10H,1H3,(H,14,16). The van der Waals surface area contributed by atoms with Crippen LogP contribution in [0.1, 0.15) is 23.4 Å². The Morgan fingerprint density at radius 3 is 2.81 bits per heavy atom. The zero-order chi connectivity index (χ0) is 12.1. The summed E-state index contributed by atoms with van der Waals surface area (Å²) < 4.78 is 0. The highest BCUT2D eigenvalue weighted by Gasteiger charge is 2.10. The van der Waals surface area contributed by atoms with E-state index in [0.29, 0.717) is 17.5 Å². The molecular formula is C11H9ClN2O2. The molecule has 1 aromatic rings. The van der Waals surface area contributed by atoms with Crippen LogP contribution < -0.4 is 5.32 Å². The van der Waals surface area contributed by atoms with Gasteiger partial charge in [-0.25, -0.2) is 0 Å². The maximum Gasteiger partial charge on any atom is 0.221 e. The second-order valence-corrected chi connectivity index (χ2v) is 3.61. The Morgan fingerprint density at radius 2 is 2.31 bits per heavy atom. The molecule has 5 heteroatoms. The van der Waals surface area contributed by atoms with Gasteiger partial charge in [0.05, 0.1) is 11.3 Å². The van der Waals surface area contributed by atoms with Crippen molar-refractivity contribution in [2.75, 3.05) is 5.32 Å². The molecule has 4 nitrogen and oxygen atoms in total. The Hall–Kier alpha value is -1.86. The van der Waals surface area contributed by atoms with Crippen LogP contribution in [-0.4, -0.2) is 12.2 Å². The number of nitrogens with one attached hydrogen (secondary N) is 1. The number of anilines is 1. The van der Waals surface area contributed by atoms with Crippen molar-refractivity contribution in [3.8, 4) is 6.07 Å². The lowest BCUT2D eigenvalue weighted by Gasteiger charge is -2.07. The lowest BCUT2D eigenvalue weighted by molar-refractivity contribution is -0.114. The van der Waals surface area contributed by atoms with Gasteiger partial charge in [-0.05, 0) is 17.7 Å². The van der Waals surface area contributed by atoms with Gasteiger partial charge >= 0.3 is 0 Å². The topological polar surface area (TPSA) is 70.0 Å². The molecule has 1 N–H and O–H groups in total. The largest absolute Gasteiger partial charge is 0.325 e. The minimum absolute atomic E-state index is 0.262. The number of hydrogen-bond donors (Lipinski definition) is 1. The number of nitriles is 1. The Kier molecular flexibility index (Phi) is 4.03. The van der Waals surface area contributed by atoms with Gasteiger partial charge in [-0.15, -0.1) is 11.6 Å². The summed E-state index contributed by atoms with van der Waals surface area (Å²) in [6.45, 7) is 1.35. The molecule has 0 radical (unpaired) electrons. The Bertz CT molecular complexity index is 466. The van der Waals surface area contributed by atoms with Gasteiger partial charge in [0.25, 0.3) is 0 Å². The van der Waals surface area contributed by atoms with Gasteiger partial charge in [0.15, 0.2) is 0 Å². The molecule has 1 amide bonds. The van der Waals surface area contributed by atoms with E-state index in [1.807, 2.05) is 6.07 Å².